The van der Waals surface area contributed by atoms with Gasteiger partial charge in [-0.1, -0.05) is 40.2 Å². The second kappa shape index (κ2) is 6.73. The number of rotatable bonds is 2. The molecular weight excluding hydrogens is 480 g/mol. The first-order valence-electron chi connectivity index (χ1n) is 8.12. The van der Waals surface area contributed by atoms with E-state index in [4.69, 9.17) is 4.74 Å². The number of carbonyl (C=O) groups excluding carboxylic acids is 2. The first-order chi connectivity index (χ1) is 12.9. The number of carboxylic acids is 1. The molecular formula is C20H12Br2O5. The SMILES string of the molecule is O=C1C=CC2=C(c3ccccc3C(=O)O)[C@H]3C=CC(=O)C(Br)[C@H]3OC2=C1Br. The molecule has 136 valence electrons. The van der Waals surface area contributed by atoms with Crippen molar-refractivity contribution in [2.24, 2.45) is 5.92 Å². The van der Waals surface area contributed by atoms with E-state index in [2.05, 4.69) is 31.9 Å². The second-order valence-corrected chi connectivity index (χ2v) is 8.07. The number of ketones is 2. The monoisotopic (exact) mass is 490 g/mol. The topological polar surface area (TPSA) is 80.7 Å². The second-order valence-electron chi connectivity index (χ2n) is 6.29. The molecule has 0 fully saturated rings. The number of carboxylic acid groups (broad SMARTS) is 1. The van der Waals surface area contributed by atoms with Crippen molar-refractivity contribution >= 4 is 55.0 Å². The number of aromatic carboxylic acids is 1. The Kier molecular flexibility index (Phi) is 4.52. The van der Waals surface area contributed by atoms with Crippen molar-refractivity contribution in [1.82, 2.24) is 0 Å². The van der Waals surface area contributed by atoms with Crippen LogP contribution in [0.2, 0.25) is 0 Å². The Bertz CT molecular complexity index is 1010. The highest BCUT2D eigenvalue weighted by molar-refractivity contribution is 9.12. The number of alkyl halides is 1. The van der Waals surface area contributed by atoms with E-state index < -0.39 is 16.9 Å². The number of halogens is 2. The summed E-state index contributed by atoms with van der Waals surface area (Å²) >= 11 is 6.67. The summed E-state index contributed by atoms with van der Waals surface area (Å²) < 4.78 is 6.30. The molecule has 5 nitrogen and oxygen atoms in total. The number of fused-ring (bicyclic) bond motifs is 2. The van der Waals surface area contributed by atoms with Crippen LogP contribution in [0.4, 0.5) is 0 Å². The standard InChI is InChI=1S/C20H12Br2O5/c21-16-13(23)7-5-11-15(9-3-1-2-4-10(9)20(25)26)12-6-8-14(24)17(22)19(12)27-18(11)16/h1-8,11,16,18H,(H,25,26)/t11-,16?,18+/m1/s1. The van der Waals surface area contributed by atoms with Gasteiger partial charge in [0.25, 0.3) is 0 Å². The maximum atomic E-state index is 12.1. The Morgan fingerprint density at radius 3 is 2.59 bits per heavy atom. The number of allylic oxidation sites excluding steroid dienone is 4. The summed E-state index contributed by atoms with van der Waals surface area (Å²) in [6, 6.07) is 6.70. The first-order valence-corrected chi connectivity index (χ1v) is 9.83. The Balaban J connectivity index is 2.04. The first kappa shape index (κ1) is 18.1. The van der Waals surface area contributed by atoms with Crippen LogP contribution in [-0.4, -0.2) is 33.6 Å². The third-order valence-electron chi connectivity index (χ3n) is 4.77. The Morgan fingerprint density at radius 1 is 1.11 bits per heavy atom. The molecule has 1 aliphatic heterocycles. The molecule has 0 amide bonds. The van der Waals surface area contributed by atoms with E-state index in [1.165, 1.54) is 18.2 Å². The van der Waals surface area contributed by atoms with Crippen LogP contribution in [-0.2, 0) is 14.3 Å². The van der Waals surface area contributed by atoms with E-state index in [0.29, 0.717) is 22.5 Å². The highest BCUT2D eigenvalue weighted by atomic mass is 79.9. The third-order valence-corrected chi connectivity index (χ3v) is 6.49. The van der Waals surface area contributed by atoms with Gasteiger partial charge >= 0.3 is 5.97 Å². The molecule has 0 saturated carbocycles. The minimum atomic E-state index is -1.05. The zero-order valence-electron chi connectivity index (χ0n) is 13.7. The molecule has 3 aliphatic rings. The number of hydrogen-bond donors (Lipinski definition) is 1. The number of carbonyl (C=O) groups is 3. The number of ether oxygens (including phenoxy) is 1. The minimum Gasteiger partial charge on any atom is -0.486 e. The fraction of sp³-hybridized carbons (Fsp3) is 0.150. The molecule has 0 saturated heterocycles. The maximum absolute atomic E-state index is 12.1. The van der Waals surface area contributed by atoms with Gasteiger partial charge in [0.05, 0.1) is 5.56 Å². The highest BCUT2D eigenvalue weighted by Gasteiger charge is 2.44. The van der Waals surface area contributed by atoms with E-state index in [0.717, 1.165) is 0 Å². The third kappa shape index (κ3) is 2.85. The van der Waals surface area contributed by atoms with Crippen molar-refractivity contribution < 1.29 is 24.2 Å². The maximum Gasteiger partial charge on any atom is 0.336 e. The molecule has 1 aromatic rings. The molecule has 0 bridgehead atoms. The number of benzene rings is 1. The summed E-state index contributed by atoms with van der Waals surface area (Å²) in [6.07, 6.45) is 5.68. The van der Waals surface area contributed by atoms with Crippen LogP contribution in [0, 0.1) is 5.92 Å². The van der Waals surface area contributed by atoms with Crippen molar-refractivity contribution in [2.75, 3.05) is 0 Å². The van der Waals surface area contributed by atoms with Crippen molar-refractivity contribution in [3.8, 4) is 0 Å². The van der Waals surface area contributed by atoms with Gasteiger partial charge in [-0.05, 0) is 51.4 Å². The van der Waals surface area contributed by atoms with E-state index in [1.807, 2.05) is 0 Å². The lowest BCUT2D eigenvalue weighted by molar-refractivity contribution is -0.116. The smallest absolute Gasteiger partial charge is 0.336 e. The largest absolute Gasteiger partial charge is 0.486 e. The zero-order valence-corrected chi connectivity index (χ0v) is 16.9. The Labute approximate surface area is 171 Å². The molecule has 0 aromatic heterocycles. The van der Waals surface area contributed by atoms with Crippen LogP contribution in [0.25, 0.3) is 5.57 Å². The normalized spacial score (nSPS) is 26.7. The van der Waals surface area contributed by atoms with Crippen molar-refractivity contribution in [2.45, 2.75) is 10.9 Å². The van der Waals surface area contributed by atoms with Crippen LogP contribution in [0.1, 0.15) is 15.9 Å². The molecule has 1 aromatic carbocycles. The van der Waals surface area contributed by atoms with Gasteiger partial charge < -0.3 is 9.84 Å². The quantitative estimate of drug-likeness (QED) is 0.636. The molecule has 3 atom stereocenters. The molecule has 27 heavy (non-hydrogen) atoms. The van der Waals surface area contributed by atoms with Crippen LogP contribution in [0.15, 0.2) is 64.4 Å². The Morgan fingerprint density at radius 2 is 1.85 bits per heavy atom. The van der Waals surface area contributed by atoms with Gasteiger partial charge in [0.15, 0.2) is 11.6 Å². The van der Waals surface area contributed by atoms with Gasteiger partial charge in [0, 0.05) is 11.5 Å². The van der Waals surface area contributed by atoms with Gasteiger partial charge in [0.2, 0.25) is 0 Å². The van der Waals surface area contributed by atoms with Gasteiger partial charge in [-0.15, -0.1) is 0 Å². The molecule has 1 heterocycles. The summed E-state index contributed by atoms with van der Waals surface area (Å²) in [7, 11) is 0. The average molecular weight is 492 g/mol. The van der Waals surface area contributed by atoms with E-state index in [-0.39, 0.29) is 27.5 Å². The molecule has 0 spiro atoms. The molecule has 0 radical (unpaired) electrons. The highest BCUT2D eigenvalue weighted by Crippen LogP contribution is 2.47. The molecule has 1 N–H and O–H groups in total. The number of hydrogen-bond acceptors (Lipinski definition) is 4. The van der Waals surface area contributed by atoms with Gasteiger partial charge in [0.1, 0.15) is 21.2 Å². The lowest BCUT2D eigenvalue weighted by Crippen LogP contribution is -2.43. The van der Waals surface area contributed by atoms with Gasteiger partial charge in [-0.3, -0.25) is 9.59 Å². The fourth-order valence-corrected chi connectivity index (χ4v) is 4.58. The van der Waals surface area contributed by atoms with Gasteiger partial charge in [-0.2, -0.15) is 0 Å². The van der Waals surface area contributed by atoms with Crippen molar-refractivity contribution in [1.29, 1.82) is 0 Å². The van der Waals surface area contributed by atoms with Crippen LogP contribution < -0.4 is 0 Å². The minimum absolute atomic E-state index is 0.139. The summed E-state index contributed by atoms with van der Waals surface area (Å²) in [6.45, 7) is 0. The molecule has 1 unspecified atom stereocenters. The summed E-state index contributed by atoms with van der Waals surface area (Å²) in [5.74, 6) is -1.45. The van der Waals surface area contributed by atoms with E-state index in [1.54, 1.807) is 30.4 Å². The van der Waals surface area contributed by atoms with Crippen LogP contribution >= 0.6 is 31.9 Å². The molecule has 2 aliphatic carbocycles. The summed E-state index contributed by atoms with van der Waals surface area (Å²) in [4.78, 5) is 35.4. The van der Waals surface area contributed by atoms with Crippen LogP contribution in [0.3, 0.4) is 0 Å². The predicted molar refractivity (Wildman–Crippen MR) is 106 cm³/mol. The van der Waals surface area contributed by atoms with E-state index >= 15 is 0 Å². The zero-order chi connectivity index (χ0) is 19.3. The lowest BCUT2D eigenvalue weighted by atomic mass is 9.76. The van der Waals surface area contributed by atoms with E-state index in [9.17, 15) is 19.5 Å². The Hall–Kier alpha value is -2.25. The summed E-state index contributed by atoms with van der Waals surface area (Å²) in [5, 5.41) is 9.65. The van der Waals surface area contributed by atoms with Crippen molar-refractivity contribution in [3.05, 3.63) is 75.5 Å². The van der Waals surface area contributed by atoms with Crippen molar-refractivity contribution in [3.63, 3.8) is 0 Å². The van der Waals surface area contributed by atoms with Crippen LogP contribution in [0.5, 0.6) is 0 Å². The lowest BCUT2D eigenvalue weighted by Gasteiger charge is -2.40. The molecule has 4 rings (SSSR count). The fourth-order valence-electron chi connectivity index (χ4n) is 3.55. The van der Waals surface area contributed by atoms with Gasteiger partial charge in [-0.25, -0.2) is 4.79 Å². The average Bonchev–Trinajstić information content (AvgIpc) is 2.66. The summed E-state index contributed by atoms with van der Waals surface area (Å²) in [5.41, 5.74) is 2.04. The molecule has 7 heteroatoms. The predicted octanol–water partition coefficient (Wildman–Crippen LogP) is 3.80.